The molecular formula is C20H20ClN3O2. The third-order valence-electron chi connectivity index (χ3n) is 3.78. The topological polar surface area (TPSA) is 56.1 Å². The zero-order valence-electron chi connectivity index (χ0n) is 14.9. The molecular weight excluding hydrogens is 350 g/mol. The average Bonchev–Trinajstić information content (AvgIpc) is 3.07. The van der Waals surface area contributed by atoms with Gasteiger partial charge in [-0.15, -0.1) is 0 Å². The summed E-state index contributed by atoms with van der Waals surface area (Å²) in [6.45, 7) is 3.84. The zero-order chi connectivity index (χ0) is 18.7. The van der Waals surface area contributed by atoms with Crippen LogP contribution in [0.2, 0.25) is 5.02 Å². The van der Waals surface area contributed by atoms with Crippen molar-refractivity contribution in [3.05, 3.63) is 65.3 Å². The molecule has 0 saturated heterocycles. The number of carbonyl (C=O) groups is 1. The van der Waals surface area contributed by atoms with Crippen molar-refractivity contribution in [1.29, 1.82) is 0 Å². The molecule has 1 heterocycles. The standard InChI is InChI=1S/C20H20ClN3O2/c1-13(2)22-20(25)19-12-18(14-6-4-9-17(10-14)26-3)23-24(19)16-8-5-7-15(21)11-16/h4-13H,1-3H3,(H,22,25). The Labute approximate surface area is 157 Å². The van der Waals surface area contributed by atoms with Crippen LogP contribution in [-0.4, -0.2) is 28.8 Å². The number of amides is 1. The first-order valence-electron chi connectivity index (χ1n) is 8.29. The Kier molecular flexibility index (Phi) is 5.28. The molecule has 1 N–H and O–H groups in total. The summed E-state index contributed by atoms with van der Waals surface area (Å²) in [5.41, 5.74) is 2.71. The highest BCUT2D eigenvalue weighted by Gasteiger charge is 2.18. The SMILES string of the molecule is COc1cccc(-c2cc(C(=O)NC(C)C)n(-c3cccc(Cl)c3)n2)c1. The number of halogens is 1. The van der Waals surface area contributed by atoms with Crippen LogP contribution in [0.15, 0.2) is 54.6 Å². The summed E-state index contributed by atoms with van der Waals surface area (Å²) >= 11 is 6.12. The van der Waals surface area contributed by atoms with Crippen molar-refractivity contribution < 1.29 is 9.53 Å². The maximum Gasteiger partial charge on any atom is 0.270 e. The third-order valence-corrected chi connectivity index (χ3v) is 4.02. The van der Waals surface area contributed by atoms with E-state index in [0.29, 0.717) is 16.4 Å². The Morgan fingerprint density at radius 1 is 1.15 bits per heavy atom. The summed E-state index contributed by atoms with van der Waals surface area (Å²) < 4.78 is 6.89. The molecule has 5 nitrogen and oxygen atoms in total. The number of carbonyl (C=O) groups excluding carboxylic acids is 1. The molecule has 134 valence electrons. The van der Waals surface area contributed by atoms with Gasteiger partial charge in [0.15, 0.2) is 0 Å². The van der Waals surface area contributed by atoms with Crippen LogP contribution in [-0.2, 0) is 0 Å². The Hall–Kier alpha value is -2.79. The van der Waals surface area contributed by atoms with E-state index in [1.807, 2.05) is 50.2 Å². The lowest BCUT2D eigenvalue weighted by Gasteiger charge is -2.10. The summed E-state index contributed by atoms with van der Waals surface area (Å²) in [6.07, 6.45) is 0. The van der Waals surface area contributed by atoms with E-state index in [1.165, 1.54) is 0 Å². The van der Waals surface area contributed by atoms with E-state index in [4.69, 9.17) is 16.3 Å². The van der Waals surface area contributed by atoms with Crippen LogP contribution in [0.5, 0.6) is 5.75 Å². The van der Waals surface area contributed by atoms with Crippen molar-refractivity contribution in [3.8, 4) is 22.7 Å². The van der Waals surface area contributed by atoms with Crippen molar-refractivity contribution in [2.24, 2.45) is 0 Å². The number of nitrogens with zero attached hydrogens (tertiary/aromatic N) is 2. The van der Waals surface area contributed by atoms with Crippen LogP contribution in [0.1, 0.15) is 24.3 Å². The molecule has 1 amide bonds. The quantitative estimate of drug-likeness (QED) is 0.727. The predicted octanol–water partition coefficient (Wildman–Crippen LogP) is 4.34. The molecule has 6 heteroatoms. The monoisotopic (exact) mass is 369 g/mol. The van der Waals surface area contributed by atoms with Crippen LogP contribution in [0.4, 0.5) is 0 Å². The van der Waals surface area contributed by atoms with Gasteiger partial charge in [-0.25, -0.2) is 4.68 Å². The molecule has 0 unspecified atom stereocenters. The van der Waals surface area contributed by atoms with Gasteiger partial charge in [-0.3, -0.25) is 4.79 Å². The van der Waals surface area contributed by atoms with Crippen LogP contribution < -0.4 is 10.1 Å². The van der Waals surface area contributed by atoms with Gasteiger partial charge in [0.1, 0.15) is 11.4 Å². The summed E-state index contributed by atoms with van der Waals surface area (Å²) in [7, 11) is 1.62. The van der Waals surface area contributed by atoms with Gasteiger partial charge in [0, 0.05) is 16.6 Å². The fourth-order valence-electron chi connectivity index (χ4n) is 2.61. The number of nitrogens with one attached hydrogen (secondary N) is 1. The van der Waals surface area contributed by atoms with E-state index in [9.17, 15) is 4.79 Å². The highest BCUT2D eigenvalue weighted by atomic mass is 35.5. The molecule has 2 aromatic carbocycles. The number of methoxy groups -OCH3 is 1. The van der Waals surface area contributed by atoms with Crippen molar-refractivity contribution >= 4 is 17.5 Å². The minimum Gasteiger partial charge on any atom is -0.497 e. The van der Waals surface area contributed by atoms with E-state index in [1.54, 1.807) is 30.0 Å². The smallest absolute Gasteiger partial charge is 0.270 e. The van der Waals surface area contributed by atoms with E-state index >= 15 is 0 Å². The number of hydrogen-bond acceptors (Lipinski definition) is 3. The normalized spacial score (nSPS) is 10.8. The molecule has 0 spiro atoms. The highest BCUT2D eigenvalue weighted by molar-refractivity contribution is 6.30. The second kappa shape index (κ2) is 7.62. The van der Waals surface area contributed by atoms with E-state index in [2.05, 4.69) is 10.4 Å². The molecule has 26 heavy (non-hydrogen) atoms. The Morgan fingerprint density at radius 2 is 1.92 bits per heavy atom. The molecule has 0 aliphatic rings. The molecule has 0 saturated carbocycles. The molecule has 0 radical (unpaired) electrons. The van der Waals surface area contributed by atoms with Gasteiger partial charge in [0.2, 0.25) is 0 Å². The maximum atomic E-state index is 12.7. The summed E-state index contributed by atoms with van der Waals surface area (Å²) in [4.78, 5) is 12.7. The largest absolute Gasteiger partial charge is 0.497 e. The van der Waals surface area contributed by atoms with E-state index < -0.39 is 0 Å². The molecule has 0 bridgehead atoms. The third kappa shape index (κ3) is 3.89. The van der Waals surface area contributed by atoms with Crippen LogP contribution in [0.25, 0.3) is 16.9 Å². The first-order chi connectivity index (χ1) is 12.5. The van der Waals surface area contributed by atoms with Gasteiger partial charge in [-0.05, 0) is 50.2 Å². The van der Waals surface area contributed by atoms with Gasteiger partial charge < -0.3 is 10.1 Å². The van der Waals surface area contributed by atoms with Gasteiger partial charge in [0.25, 0.3) is 5.91 Å². The lowest BCUT2D eigenvalue weighted by molar-refractivity contribution is 0.0935. The van der Waals surface area contributed by atoms with Gasteiger partial charge >= 0.3 is 0 Å². The molecule has 3 aromatic rings. The van der Waals surface area contributed by atoms with Gasteiger partial charge in [-0.2, -0.15) is 5.10 Å². The number of rotatable bonds is 5. The summed E-state index contributed by atoms with van der Waals surface area (Å²) in [5.74, 6) is 0.537. The Morgan fingerprint density at radius 3 is 2.62 bits per heavy atom. The Bertz CT molecular complexity index is 934. The van der Waals surface area contributed by atoms with Crippen molar-refractivity contribution in [2.75, 3.05) is 7.11 Å². The van der Waals surface area contributed by atoms with E-state index in [0.717, 1.165) is 17.0 Å². The first kappa shape index (κ1) is 18.0. The second-order valence-corrected chi connectivity index (χ2v) is 6.60. The minimum atomic E-state index is -0.193. The maximum absolute atomic E-state index is 12.7. The molecule has 0 fully saturated rings. The lowest BCUT2D eigenvalue weighted by atomic mass is 10.1. The molecule has 1 aromatic heterocycles. The summed E-state index contributed by atoms with van der Waals surface area (Å²) in [6, 6.07) is 16.6. The minimum absolute atomic E-state index is 0.0190. The molecule has 0 atom stereocenters. The zero-order valence-corrected chi connectivity index (χ0v) is 15.6. The van der Waals surface area contributed by atoms with Gasteiger partial charge in [-0.1, -0.05) is 29.8 Å². The fraction of sp³-hybridized carbons (Fsp3) is 0.200. The highest BCUT2D eigenvalue weighted by Crippen LogP contribution is 2.26. The summed E-state index contributed by atoms with van der Waals surface area (Å²) in [5, 5.41) is 8.13. The predicted molar refractivity (Wildman–Crippen MR) is 103 cm³/mol. The van der Waals surface area contributed by atoms with Crippen molar-refractivity contribution in [3.63, 3.8) is 0 Å². The van der Waals surface area contributed by atoms with Crippen LogP contribution >= 0.6 is 11.6 Å². The van der Waals surface area contributed by atoms with Gasteiger partial charge in [0.05, 0.1) is 18.5 Å². The fourth-order valence-corrected chi connectivity index (χ4v) is 2.79. The number of hydrogen-bond donors (Lipinski definition) is 1. The van der Waals surface area contributed by atoms with E-state index in [-0.39, 0.29) is 11.9 Å². The molecule has 3 rings (SSSR count). The van der Waals surface area contributed by atoms with Crippen LogP contribution in [0.3, 0.4) is 0 Å². The molecule has 0 aliphatic carbocycles. The van der Waals surface area contributed by atoms with Crippen LogP contribution in [0, 0.1) is 0 Å². The van der Waals surface area contributed by atoms with Crippen molar-refractivity contribution in [2.45, 2.75) is 19.9 Å². The first-order valence-corrected chi connectivity index (χ1v) is 8.67. The lowest BCUT2D eigenvalue weighted by Crippen LogP contribution is -2.31. The average molecular weight is 370 g/mol. The Balaban J connectivity index is 2.12. The molecule has 0 aliphatic heterocycles. The number of aromatic nitrogens is 2. The number of ether oxygens (including phenoxy) is 1. The second-order valence-electron chi connectivity index (χ2n) is 6.17. The number of benzene rings is 2. The van der Waals surface area contributed by atoms with Crippen molar-refractivity contribution in [1.82, 2.24) is 15.1 Å².